The second-order valence-electron chi connectivity index (χ2n) is 6.37. The second kappa shape index (κ2) is 7.60. The zero-order valence-corrected chi connectivity index (χ0v) is 15.7. The molecule has 2 aromatic heterocycles. The van der Waals surface area contributed by atoms with Crippen LogP contribution in [-0.4, -0.2) is 34.0 Å². The number of likely N-dealkylation sites (tertiary alicyclic amines) is 1. The molecule has 3 heterocycles. The van der Waals surface area contributed by atoms with Crippen molar-refractivity contribution in [3.05, 3.63) is 57.6 Å². The van der Waals surface area contributed by atoms with Gasteiger partial charge in [0.05, 0.1) is 17.4 Å². The lowest BCUT2D eigenvalue weighted by Gasteiger charge is -2.31. The quantitative estimate of drug-likeness (QED) is 0.665. The Morgan fingerprint density at radius 2 is 2.19 bits per heavy atom. The van der Waals surface area contributed by atoms with Crippen LogP contribution >= 0.6 is 22.9 Å². The number of benzene rings is 1. The number of rotatable bonds is 4. The highest BCUT2D eigenvalue weighted by Gasteiger charge is 2.29. The van der Waals surface area contributed by atoms with Gasteiger partial charge in [-0.25, -0.2) is 0 Å². The van der Waals surface area contributed by atoms with E-state index in [1.807, 2.05) is 40.6 Å². The Kier molecular flexibility index (Phi) is 5.04. The molecule has 0 saturated carbocycles. The first kappa shape index (κ1) is 17.2. The second-order valence-corrected chi connectivity index (χ2v) is 7.81. The molecule has 1 saturated heterocycles. The average Bonchev–Trinajstić information content (AvgIpc) is 3.34. The summed E-state index contributed by atoms with van der Waals surface area (Å²) in [4.78, 5) is 20.1. The molecule has 0 radical (unpaired) electrons. The van der Waals surface area contributed by atoms with E-state index in [0.717, 1.165) is 29.8 Å². The van der Waals surface area contributed by atoms with E-state index >= 15 is 0 Å². The summed E-state index contributed by atoms with van der Waals surface area (Å²) in [6, 6.07) is 11.4. The molecule has 0 spiro atoms. The van der Waals surface area contributed by atoms with E-state index in [1.165, 1.54) is 0 Å². The summed E-state index contributed by atoms with van der Waals surface area (Å²) < 4.78 is 5.49. The minimum Gasteiger partial charge on any atom is -0.342 e. The average molecular weight is 388 g/mol. The molecule has 26 heavy (non-hydrogen) atoms. The van der Waals surface area contributed by atoms with Crippen molar-refractivity contribution in [3.8, 4) is 11.4 Å². The number of amides is 1. The zero-order valence-electron chi connectivity index (χ0n) is 14.1. The molecule has 0 aliphatic carbocycles. The number of aromatic nitrogens is 2. The molecule has 134 valence electrons. The maximum absolute atomic E-state index is 12.6. The van der Waals surface area contributed by atoms with Crippen LogP contribution in [0.1, 0.15) is 29.5 Å². The van der Waals surface area contributed by atoms with Crippen molar-refractivity contribution < 1.29 is 9.32 Å². The number of carbonyl (C=O) groups excluding carboxylic acids is 1. The fourth-order valence-electron chi connectivity index (χ4n) is 3.23. The highest BCUT2D eigenvalue weighted by atomic mass is 35.5. The zero-order chi connectivity index (χ0) is 17.9. The molecule has 1 aliphatic heterocycles. The highest BCUT2D eigenvalue weighted by Crippen LogP contribution is 2.30. The van der Waals surface area contributed by atoms with E-state index in [9.17, 15) is 4.79 Å². The van der Waals surface area contributed by atoms with E-state index in [2.05, 4.69) is 10.1 Å². The highest BCUT2D eigenvalue weighted by molar-refractivity contribution is 7.10. The summed E-state index contributed by atoms with van der Waals surface area (Å²) in [5, 5.41) is 6.67. The number of thiophene rings is 1. The lowest BCUT2D eigenvalue weighted by molar-refractivity contribution is -0.131. The van der Waals surface area contributed by atoms with Crippen LogP contribution in [0.4, 0.5) is 0 Å². The summed E-state index contributed by atoms with van der Waals surface area (Å²) >= 11 is 7.83. The number of nitrogens with zero attached hydrogens (tertiary/aromatic N) is 3. The van der Waals surface area contributed by atoms with Crippen molar-refractivity contribution in [1.29, 1.82) is 0 Å². The van der Waals surface area contributed by atoms with Crippen molar-refractivity contribution in [2.75, 3.05) is 13.1 Å². The number of hydrogen-bond donors (Lipinski definition) is 0. The monoisotopic (exact) mass is 387 g/mol. The molecule has 1 aliphatic rings. The van der Waals surface area contributed by atoms with Crippen molar-refractivity contribution in [2.24, 2.45) is 0 Å². The van der Waals surface area contributed by atoms with Gasteiger partial charge in [-0.1, -0.05) is 35.0 Å². The molecule has 0 bridgehead atoms. The van der Waals surface area contributed by atoms with Crippen LogP contribution in [0.2, 0.25) is 5.02 Å². The molecule has 3 aromatic rings. The molecular formula is C19H18ClN3O2S. The molecule has 4 rings (SSSR count). The van der Waals surface area contributed by atoms with E-state index in [4.69, 9.17) is 16.1 Å². The fourth-order valence-corrected chi connectivity index (χ4v) is 4.15. The molecule has 1 amide bonds. The number of hydrogen-bond acceptors (Lipinski definition) is 5. The van der Waals surface area contributed by atoms with E-state index < -0.39 is 0 Å². The number of carbonyl (C=O) groups is 1. The number of halogens is 1. The lowest BCUT2D eigenvalue weighted by atomic mass is 9.97. The van der Waals surface area contributed by atoms with Crippen molar-refractivity contribution in [2.45, 2.75) is 25.2 Å². The summed E-state index contributed by atoms with van der Waals surface area (Å²) in [5.74, 6) is 1.30. The van der Waals surface area contributed by atoms with Gasteiger partial charge in [0.2, 0.25) is 17.6 Å². The van der Waals surface area contributed by atoms with Gasteiger partial charge < -0.3 is 9.42 Å². The van der Waals surface area contributed by atoms with Gasteiger partial charge >= 0.3 is 0 Å². The third kappa shape index (κ3) is 3.66. The van der Waals surface area contributed by atoms with Crippen LogP contribution in [0.5, 0.6) is 0 Å². The Hall–Kier alpha value is -2.18. The van der Waals surface area contributed by atoms with E-state index in [-0.39, 0.29) is 11.8 Å². The van der Waals surface area contributed by atoms with Crippen LogP contribution in [0, 0.1) is 0 Å². The Balaban J connectivity index is 1.46. The summed E-state index contributed by atoms with van der Waals surface area (Å²) in [6.45, 7) is 1.40. The summed E-state index contributed by atoms with van der Waals surface area (Å²) in [6.07, 6.45) is 2.33. The maximum Gasteiger partial charge on any atom is 0.231 e. The standard InChI is InChI=1S/C19H18ClN3O2S/c20-16-8-2-1-7-15(16)18-21-19(25-22-18)13-5-3-9-23(12-13)17(24)11-14-6-4-10-26-14/h1-2,4,6-8,10,13H,3,5,9,11-12H2. The first-order valence-electron chi connectivity index (χ1n) is 8.59. The van der Waals surface area contributed by atoms with Crippen molar-refractivity contribution in [1.82, 2.24) is 15.0 Å². The summed E-state index contributed by atoms with van der Waals surface area (Å²) in [7, 11) is 0. The predicted molar refractivity (Wildman–Crippen MR) is 101 cm³/mol. The third-order valence-electron chi connectivity index (χ3n) is 4.59. The Bertz CT molecular complexity index is 894. The van der Waals surface area contributed by atoms with E-state index in [1.54, 1.807) is 17.4 Å². The lowest BCUT2D eigenvalue weighted by Crippen LogP contribution is -2.39. The van der Waals surface area contributed by atoms with Gasteiger partial charge in [-0.3, -0.25) is 4.79 Å². The molecule has 0 N–H and O–H groups in total. The molecule has 1 atom stereocenters. The van der Waals surface area contributed by atoms with Crippen LogP contribution in [0.25, 0.3) is 11.4 Å². The van der Waals surface area contributed by atoms with Crippen molar-refractivity contribution >= 4 is 28.8 Å². The fraction of sp³-hybridized carbons (Fsp3) is 0.316. The topological polar surface area (TPSA) is 59.2 Å². The van der Waals surface area contributed by atoms with Gasteiger partial charge in [0.1, 0.15) is 0 Å². The molecule has 1 aromatic carbocycles. The Morgan fingerprint density at radius 1 is 1.31 bits per heavy atom. The molecule has 7 heteroatoms. The van der Waals surface area contributed by atoms with Gasteiger partial charge in [-0.15, -0.1) is 11.3 Å². The van der Waals surface area contributed by atoms with Gasteiger partial charge in [0.15, 0.2) is 0 Å². The largest absolute Gasteiger partial charge is 0.342 e. The minimum absolute atomic E-state index is 0.0692. The predicted octanol–water partition coefficient (Wildman–Crippen LogP) is 4.40. The first-order chi connectivity index (χ1) is 12.7. The first-order valence-corrected chi connectivity index (χ1v) is 9.85. The van der Waals surface area contributed by atoms with Crippen LogP contribution in [0.3, 0.4) is 0 Å². The molecule has 5 nitrogen and oxygen atoms in total. The normalized spacial score (nSPS) is 17.4. The SMILES string of the molecule is O=C(Cc1cccs1)N1CCCC(c2nc(-c3ccccc3Cl)no2)C1. The van der Waals surface area contributed by atoms with Gasteiger partial charge in [0, 0.05) is 23.5 Å². The number of piperidine rings is 1. The van der Waals surface area contributed by atoms with Crippen molar-refractivity contribution in [3.63, 3.8) is 0 Å². The molecule has 1 unspecified atom stereocenters. The van der Waals surface area contributed by atoms with Crippen LogP contribution in [0.15, 0.2) is 46.3 Å². The van der Waals surface area contributed by atoms with Gasteiger partial charge in [-0.05, 0) is 36.4 Å². The van der Waals surface area contributed by atoms with Crippen LogP contribution in [-0.2, 0) is 11.2 Å². The third-order valence-corrected chi connectivity index (χ3v) is 5.79. The maximum atomic E-state index is 12.6. The van der Waals surface area contributed by atoms with Crippen LogP contribution < -0.4 is 0 Å². The van der Waals surface area contributed by atoms with E-state index in [0.29, 0.717) is 29.7 Å². The summed E-state index contributed by atoms with van der Waals surface area (Å²) in [5.41, 5.74) is 0.755. The molecule has 1 fully saturated rings. The minimum atomic E-state index is 0.0692. The Labute approximate surface area is 160 Å². The smallest absolute Gasteiger partial charge is 0.231 e. The van der Waals surface area contributed by atoms with Gasteiger partial charge in [-0.2, -0.15) is 4.98 Å². The van der Waals surface area contributed by atoms with Gasteiger partial charge in [0.25, 0.3) is 0 Å². The molecular weight excluding hydrogens is 370 g/mol. The Morgan fingerprint density at radius 3 is 3.00 bits per heavy atom.